The van der Waals surface area contributed by atoms with Crippen molar-refractivity contribution in [2.45, 2.75) is 0 Å². The molecule has 7 heterocycles. The van der Waals surface area contributed by atoms with E-state index >= 15 is 0 Å². The largest absolute Gasteiger partial charge is 2.00 e. The van der Waals surface area contributed by atoms with Gasteiger partial charge in [0, 0.05) is 49.5 Å². The summed E-state index contributed by atoms with van der Waals surface area (Å²) in [5.41, 5.74) is 7.95. The number of rotatable bonds is 5. The second-order valence-electron chi connectivity index (χ2n) is 12.3. The van der Waals surface area contributed by atoms with Gasteiger partial charge in [0.2, 0.25) is 0 Å². The van der Waals surface area contributed by atoms with Crippen LogP contribution >= 0.6 is 47.1 Å². The number of hydrogen-bond acceptors (Lipinski definition) is 9. The molecule has 10 rings (SSSR count). The molecule has 0 atom stereocenters. The summed E-state index contributed by atoms with van der Waals surface area (Å²) in [6.07, 6.45) is 6.91. The summed E-state index contributed by atoms with van der Waals surface area (Å²) >= 11 is 11.0. The first-order valence-electron chi connectivity index (χ1n) is 17.4. The number of benzene rings is 3. The molecule has 3 aromatic carbocycles. The zero-order valence-electron chi connectivity index (χ0n) is 30.5. The van der Waals surface area contributed by atoms with Gasteiger partial charge in [-0.05, 0) is 95.4 Å². The van der Waals surface area contributed by atoms with Crippen molar-refractivity contribution in [1.29, 1.82) is 0 Å². The van der Waals surface area contributed by atoms with Crippen LogP contribution in [0.2, 0.25) is 0 Å². The van der Waals surface area contributed by atoms with Gasteiger partial charge >= 0.3 is 25.4 Å². The molecule has 7 aromatic heterocycles. The molecule has 0 spiro atoms. The van der Waals surface area contributed by atoms with Crippen molar-refractivity contribution in [1.82, 2.24) is 24.5 Å². The zero-order chi connectivity index (χ0) is 40.4. The molecule has 0 radical (unpaired) electrons. The second kappa shape index (κ2) is 19.9. The number of thiocarbonyl (C=S) groups is 2. The standard InChI is InChI=1S/C32H19N3S2.C11H8N2O2.2CNS.Ru/c1-2-8-30-22(6-1)23-12-10-21(17-31(23)37-30)20-11-13-28-24(16-20)25-18-27(26-7-3-4-14-33-26)34-19-29(25)35(28)32-9-5-15-36-32;14-11(15)8-4-6-13-10(7-8)9-3-1-2-5-12-9;2*2-1-3;/h1-19H;1-7H,(H,14,15);;;/q;;2*-1;+2. The third kappa shape index (κ3) is 9.37. The topological polar surface area (TPSA) is 138 Å². The van der Waals surface area contributed by atoms with Crippen LogP contribution in [0.4, 0.5) is 0 Å². The first-order chi connectivity index (χ1) is 28.4. The van der Waals surface area contributed by atoms with Gasteiger partial charge in [0.05, 0.1) is 50.6 Å². The first-order valence-corrected chi connectivity index (χ1v) is 19.9. The number of carbonyl (C=O) groups is 1. The first kappa shape index (κ1) is 42.3. The molecule has 0 bridgehead atoms. The number of aromatic carboxylic acids is 1. The average Bonchev–Trinajstić information content (AvgIpc) is 4.01. The molecule has 286 valence electrons. The van der Waals surface area contributed by atoms with Crippen LogP contribution in [0.25, 0.3) is 91.7 Å². The molecule has 0 fully saturated rings. The van der Waals surface area contributed by atoms with Crippen LogP contribution in [0.1, 0.15) is 10.4 Å². The maximum Gasteiger partial charge on any atom is 2.00 e. The van der Waals surface area contributed by atoms with Gasteiger partial charge < -0.3 is 15.9 Å². The van der Waals surface area contributed by atoms with Crippen molar-refractivity contribution in [3.8, 4) is 38.9 Å². The molecule has 9 nitrogen and oxygen atoms in total. The number of hydrogen-bond donors (Lipinski definition) is 1. The molecule has 0 aliphatic rings. The summed E-state index contributed by atoms with van der Waals surface area (Å²) in [7, 11) is 0. The van der Waals surface area contributed by atoms with Gasteiger partial charge in [-0.25, -0.2) is 4.79 Å². The van der Waals surface area contributed by atoms with Gasteiger partial charge in [0.25, 0.3) is 0 Å². The summed E-state index contributed by atoms with van der Waals surface area (Å²) in [5, 5.41) is 34.1. The summed E-state index contributed by atoms with van der Waals surface area (Å²) in [6, 6.07) is 43.1. The monoisotopic (exact) mass is 927 g/mol. The van der Waals surface area contributed by atoms with Crippen molar-refractivity contribution < 1.29 is 29.4 Å². The van der Waals surface area contributed by atoms with E-state index in [1.807, 2.05) is 48.0 Å². The molecule has 0 saturated carbocycles. The van der Waals surface area contributed by atoms with E-state index in [0.717, 1.165) is 16.9 Å². The van der Waals surface area contributed by atoms with Crippen LogP contribution in [-0.2, 0) is 19.5 Å². The SMILES string of the molecule is O=C(O)c1ccnc(-c2ccccn2)c1.[N-]=C=S.[N-]=C=S.[Ru+2].c1ccc(-c2cc3c4cc(-c5ccc6c(c5)sc5ccccc56)ccc4n(-c4cccs4)c3cn2)nc1. The number of carboxylic acids is 1. The molecule has 1 N–H and O–H groups in total. The Morgan fingerprint density at radius 2 is 1.20 bits per heavy atom. The predicted molar refractivity (Wildman–Crippen MR) is 244 cm³/mol. The Kier molecular flexibility index (Phi) is 14.3. The van der Waals surface area contributed by atoms with E-state index in [-0.39, 0.29) is 25.0 Å². The van der Waals surface area contributed by atoms with E-state index < -0.39 is 5.97 Å². The minimum absolute atomic E-state index is 0. The fourth-order valence-corrected chi connectivity index (χ4v) is 8.41. The number of carboxylic acid groups (broad SMARTS) is 1. The van der Waals surface area contributed by atoms with Gasteiger partial charge in [-0.2, -0.15) is 10.3 Å². The minimum Gasteiger partial charge on any atom is -0.753 e. The van der Waals surface area contributed by atoms with Gasteiger partial charge in [0.1, 0.15) is 0 Å². The number of nitrogens with zero attached hydrogens (tertiary/aromatic N) is 7. The number of fused-ring (bicyclic) bond motifs is 6. The smallest absolute Gasteiger partial charge is 0.753 e. The van der Waals surface area contributed by atoms with Gasteiger partial charge in [0.15, 0.2) is 0 Å². The maximum atomic E-state index is 10.7. The van der Waals surface area contributed by atoms with Crippen LogP contribution < -0.4 is 0 Å². The van der Waals surface area contributed by atoms with Crippen molar-refractivity contribution in [2.24, 2.45) is 0 Å². The normalized spacial score (nSPS) is 10.2. The molecule has 10 aromatic rings. The van der Waals surface area contributed by atoms with Crippen LogP contribution in [-0.4, -0.2) is 45.9 Å². The Balaban J connectivity index is 0.000000223. The van der Waals surface area contributed by atoms with Crippen LogP contribution in [0, 0.1) is 0 Å². The van der Waals surface area contributed by atoms with Crippen molar-refractivity contribution in [2.75, 3.05) is 0 Å². The Labute approximate surface area is 369 Å². The van der Waals surface area contributed by atoms with Gasteiger partial charge in [-0.15, -0.1) is 22.7 Å². The predicted octanol–water partition coefficient (Wildman–Crippen LogP) is 12.5. The van der Waals surface area contributed by atoms with E-state index in [9.17, 15) is 4.79 Å². The molecule has 0 saturated heterocycles. The summed E-state index contributed by atoms with van der Waals surface area (Å²) in [6.45, 7) is 0. The van der Waals surface area contributed by atoms with E-state index in [1.165, 1.54) is 81.2 Å². The van der Waals surface area contributed by atoms with Crippen LogP contribution in [0.15, 0.2) is 158 Å². The van der Waals surface area contributed by atoms with E-state index in [4.69, 9.17) is 20.9 Å². The Morgan fingerprint density at radius 1 is 0.593 bits per heavy atom. The molecule has 0 amide bonds. The second-order valence-corrected chi connectivity index (χ2v) is 14.6. The minimum atomic E-state index is -0.963. The average molecular weight is 927 g/mol. The Bertz CT molecular complexity index is 3090. The van der Waals surface area contributed by atoms with Crippen LogP contribution in [0.5, 0.6) is 0 Å². The van der Waals surface area contributed by atoms with Crippen molar-refractivity contribution in [3.63, 3.8) is 0 Å². The van der Waals surface area contributed by atoms with E-state index in [1.54, 1.807) is 29.7 Å². The summed E-state index contributed by atoms with van der Waals surface area (Å²) in [5.74, 6) is -0.963. The Hall–Kier alpha value is -6.33. The molecular formula is C45H27N7O2RuS4. The third-order valence-electron chi connectivity index (χ3n) is 8.95. The number of isothiocyanates is 2. The van der Waals surface area contributed by atoms with E-state index in [0.29, 0.717) is 11.4 Å². The fourth-order valence-electron chi connectivity index (χ4n) is 6.51. The van der Waals surface area contributed by atoms with Crippen molar-refractivity contribution >= 4 is 105 Å². The fraction of sp³-hybridized carbons (Fsp3) is 0. The Morgan fingerprint density at radius 3 is 1.86 bits per heavy atom. The number of thiophene rings is 2. The van der Waals surface area contributed by atoms with Gasteiger partial charge in [-0.1, -0.05) is 73.0 Å². The van der Waals surface area contributed by atoms with Crippen molar-refractivity contribution in [3.05, 3.63) is 174 Å². The number of pyridine rings is 4. The summed E-state index contributed by atoms with van der Waals surface area (Å²) in [4.78, 5) is 28.2. The quantitative estimate of drug-likeness (QED) is 0.102. The van der Waals surface area contributed by atoms with Crippen LogP contribution in [0.3, 0.4) is 0 Å². The summed E-state index contributed by atoms with van der Waals surface area (Å²) < 4.78 is 4.98. The maximum absolute atomic E-state index is 10.7. The third-order valence-corrected chi connectivity index (χ3v) is 10.9. The van der Waals surface area contributed by atoms with Gasteiger partial charge in [-0.3, -0.25) is 24.5 Å². The molecule has 0 aliphatic heterocycles. The molecule has 0 aliphatic carbocycles. The molecule has 0 unspecified atom stereocenters. The molecular weight excluding hydrogens is 900 g/mol. The molecule has 14 heteroatoms. The zero-order valence-corrected chi connectivity index (χ0v) is 35.5. The molecule has 59 heavy (non-hydrogen) atoms. The number of aromatic nitrogens is 5. The van der Waals surface area contributed by atoms with E-state index in [2.05, 4.69) is 128 Å².